The van der Waals surface area contributed by atoms with Crippen molar-refractivity contribution in [3.8, 4) is 23.3 Å². The Morgan fingerprint density at radius 3 is 2.21 bits per heavy atom. The smallest absolute Gasteiger partial charge is 0.149 e. The molecule has 0 radical (unpaired) electrons. The minimum Gasteiger partial charge on any atom is -0.383 e. The summed E-state index contributed by atoms with van der Waals surface area (Å²) in [6, 6.07) is 12.2. The van der Waals surface area contributed by atoms with Crippen molar-refractivity contribution >= 4 is 11.6 Å². The van der Waals surface area contributed by atoms with Crippen molar-refractivity contribution in [3.05, 3.63) is 41.0 Å². The van der Waals surface area contributed by atoms with E-state index >= 15 is 0 Å². The first kappa shape index (κ1) is 15.8. The van der Waals surface area contributed by atoms with Gasteiger partial charge in [-0.15, -0.1) is 0 Å². The number of aromatic nitrogens is 1. The lowest BCUT2D eigenvalue weighted by Crippen LogP contribution is -2.31. The number of nitrogens with two attached hydrogens (primary N) is 1. The van der Waals surface area contributed by atoms with Crippen molar-refractivity contribution in [3.63, 3.8) is 0 Å². The number of aryl methyl sites for hydroxylation is 1. The summed E-state index contributed by atoms with van der Waals surface area (Å²) in [6.45, 7) is 3.72. The number of anilines is 2. The summed E-state index contributed by atoms with van der Waals surface area (Å²) in [7, 11) is 0. The molecule has 5 heteroatoms. The summed E-state index contributed by atoms with van der Waals surface area (Å²) in [4.78, 5) is 6.51. The van der Waals surface area contributed by atoms with Crippen LogP contribution in [0.3, 0.4) is 0 Å². The van der Waals surface area contributed by atoms with Crippen LogP contribution >= 0.6 is 0 Å². The Morgan fingerprint density at radius 2 is 1.62 bits per heavy atom. The second-order valence-corrected chi connectivity index (χ2v) is 6.08. The lowest BCUT2D eigenvalue weighted by Gasteiger charge is -2.29. The molecule has 1 fully saturated rings. The van der Waals surface area contributed by atoms with Crippen molar-refractivity contribution in [2.75, 3.05) is 23.7 Å². The molecule has 24 heavy (non-hydrogen) atoms. The average Bonchev–Trinajstić information content (AvgIpc) is 2.62. The van der Waals surface area contributed by atoms with Crippen molar-refractivity contribution in [1.29, 1.82) is 10.5 Å². The van der Waals surface area contributed by atoms with Crippen LogP contribution in [0.1, 0.15) is 36.0 Å². The maximum Gasteiger partial charge on any atom is 0.149 e. The van der Waals surface area contributed by atoms with Crippen molar-refractivity contribution < 1.29 is 0 Å². The molecule has 3 rings (SSSR count). The maximum atomic E-state index is 9.79. The summed E-state index contributed by atoms with van der Waals surface area (Å²) in [5.41, 5.74) is 9.30. The fourth-order valence-corrected chi connectivity index (χ4v) is 3.15. The third-order valence-corrected chi connectivity index (χ3v) is 4.43. The van der Waals surface area contributed by atoms with E-state index in [-0.39, 0.29) is 11.4 Å². The van der Waals surface area contributed by atoms with Crippen LogP contribution in [0.4, 0.5) is 11.6 Å². The van der Waals surface area contributed by atoms with Crippen molar-refractivity contribution in [1.82, 2.24) is 4.98 Å². The first-order chi connectivity index (χ1) is 11.7. The van der Waals surface area contributed by atoms with E-state index in [9.17, 15) is 10.5 Å². The largest absolute Gasteiger partial charge is 0.383 e. The van der Waals surface area contributed by atoms with Gasteiger partial charge in [0.05, 0.1) is 0 Å². The first-order valence-electron chi connectivity index (χ1n) is 8.11. The van der Waals surface area contributed by atoms with Crippen LogP contribution in [0.15, 0.2) is 24.3 Å². The molecular weight excluding hydrogens is 298 g/mol. The van der Waals surface area contributed by atoms with Crippen LogP contribution in [0.2, 0.25) is 0 Å². The molecule has 1 aliphatic rings. The highest BCUT2D eigenvalue weighted by atomic mass is 15.2. The van der Waals surface area contributed by atoms with Crippen molar-refractivity contribution in [2.24, 2.45) is 0 Å². The standard InChI is InChI=1S/C19H19N5/c1-13-5-7-14(8-6-13)17-15(11-20)18(22)23-19(16(17)12-21)24-9-3-2-4-10-24/h5-8H,2-4,9-10H2,1H3,(H2,22,23). The molecule has 0 saturated carbocycles. The predicted molar refractivity (Wildman–Crippen MR) is 94.3 cm³/mol. The van der Waals surface area contributed by atoms with E-state index in [0.29, 0.717) is 16.9 Å². The first-order valence-corrected chi connectivity index (χ1v) is 8.11. The lowest BCUT2D eigenvalue weighted by molar-refractivity contribution is 0.573. The minimum absolute atomic E-state index is 0.188. The van der Waals surface area contributed by atoms with E-state index in [0.717, 1.165) is 37.1 Å². The zero-order chi connectivity index (χ0) is 17.1. The van der Waals surface area contributed by atoms with Crippen LogP contribution in [-0.2, 0) is 0 Å². The summed E-state index contributed by atoms with van der Waals surface area (Å²) in [5.74, 6) is 0.789. The molecule has 2 aromatic rings. The lowest BCUT2D eigenvalue weighted by atomic mass is 9.95. The van der Waals surface area contributed by atoms with Gasteiger partial charge in [-0.2, -0.15) is 10.5 Å². The molecule has 1 saturated heterocycles. The average molecular weight is 317 g/mol. The topological polar surface area (TPSA) is 89.7 Å². The Hall–Kier alpha value is -3.05. The van der Waals surface area contributed by atoms with Gasteiger partial charge in [-0.25, -0.2) is 4.98 Å². The third-order valence-electron chi connectivity index (χ3n) is 4.43. The van der Waals surface area contributed by atoms with Gasteiger partial charge in [0.1, 0.15) is 34.9 Å². The van der Waals surface area contributed by atoms with E-state index in [4.69, 9.17) is 5.73 Å². The molecule has 120 valence electrons. The SMILES string of the molecule is Cc1ccc(-c2c(C#N)c(N)nc(N3CCCCC3)c2C#N)cc1. The summed E-state index contributed by atoms with van der Waals surface area (Å²) >= 11 is 0. The fraction of sp³-hybridized carbons (Fsp3) is 0.316. The molecule has 1 aliphatic heterocycles. The highest BCUT2D eigenvalue weighted by Crippen LogP contribution is 2.36. The number of piperidine rings is 1. The molecule has 0 aliphatic carbocycles. The van der Waals surface area contributed by atoms with E-state index < -0.39 is 0 Å². The monoisotopic (exact) mass is 317 g/mol. The number of rotatable bonds is 2. The highest BCUT2D eigenvalue weighted by molar-refractivity contribution is 5.85. The van der Waals surface area contributed by atoms with Crippen LogP contribution in [-0.4, -0.2) is 18.1 Å². The summed E-state index contributed by atoms with van der Waals surface area (Å²) in [5, 5.41) is 19.3. The van der Waals surface area contributed by atoms with Gasteiger partial charge in [-0.05, 0) is 31.7 Å². The van der Waals surface area contributed by atoms with Gasteiger partial charge in [0.25, 0.3) is 0 Å². The molecule has 0 spiro atoms. The number of benzene rings is 1. The summed E-state index contributed by atoms with van der Waals surface area (Å²) in [6.07, 6.45) is 3.34. The maximum absolute atomic E-state index is 9.79. The Balaban J connectivity index is 2.25. The number of hydrogen-bond donors (Lipinski definition) is 1. The third kappa shape index (κ3) is 2.77. The molecule has 1 aromatic carbocycles. The number of pyridine rings is 1. The number of nitriles is 2. The van der Waals surface area contributed by atoms with Crippen LogP contribution in [0, 0.1) is 29.6 Å². The Morgan fingerprint density at radius 1 is 1.00 bits per heavy atom. The number of hydrogen-bond acceptors (Lipinski definition) is 5. The zero-order valence-electron chi connectivity index (χ0n) is 13.7. The second kappa shape index (κ2) is 6.60. The molecule has 5 nitrogen and oxygen atoms in total. The molecule has 2 heterocycles. The van der Waals surface area contributed by atoms with Crippen LogP contribution < -0.4 is 10.6 Å². The number of nitrogen functional groups attached to an aromatic ring is 1. The van der Waals surface area contributed by atoms with Crippen LogP contribution in [0.25, 0.3) is 11.1 Å². The summed E-state index contributed by atoms with van der Waals surface area (Å²) < 4.78 is 0. The van der Waals surface area contributed by atoms with Crippen LogP contribution in [0.5, 0.6) is 0 Å². The second-order valence-electron chi connectivity index (χ2n) is 6.08. The van der Waals surface area contributed by atoms with E-state index in [1.165, 1.54) is 6.42 Å². The zero-order valence-corrected chi connectivity index (χ0v) is 13.7. The molecular formula is C19H19N5. The van der Waals surface area contributed by atoms with Gasteiger partial charge in [0, 0.05) is 18.7 Å². The van der Waals surface area contributed by atoms with E-state index in [1.54, 1.807) is 0 Å². The fourth-order valence-electron chi connectivity index (χ4n) is 3.15. The van der Waals surface area contributed by atoms with Gasteiger partial charge in [0.2, 0.25) is 0 Å². The predicted octanol–water partition coefficient (Wildman–Crippen LogP) is 3.37. The van der Waals surface area contributed by atoms with E-state index in [1.807, 2.05) is 31.2 Å². The van der Waals surface area contributed by atoms with Gasteiger partial charge in [-0.1, -0.05) is 29.8 Å². The number of nitrogens with zero attached hydrogens (tertiary/aromatic N) is 4. The van der Waals surface area contributed by atoms with E-state index in [2.05, 4.69) is 22.0 Å². The van der Waals surface area contributed by atoms with Gasteiger partial charge >= 0.3 is 0 Å². The molecule has 0 amide bonds. The van der Waals surface area contributed by atoms with Gasteiger partial charge < -0.3 is 10.6 Å². The Labute approximate surface area is 142 Å². The molecule has 0 bridgehead atoms. The normalized spacial score (nSPS) is 14.0. The van der Waals surface area contributed by atoms with Gasteiger partial charge in [-0.3, -0.25) is 0 Å². The highest BCUT2D eigenvalue weighted by Gasteiger charge is 2.24. The minimum atomic E-state index is 0.188. The molecule has 0 atom stereocenters. The quantitative estimate of drug-likeness (QED) is 0.917. The van der Waals surface area contributed by atoms with Gasteiger partial charge in [0.15, 0.2) is 0 Å². The molecule has 2 N–H and O–H groups in total. The molecule has 1 aromatic heterocycles. The van der Waals surface area contributed by atoms with Crippen molar-refractivity contribution in [2.45, 2.75) is 26.2 Å². The Bertz CT molecular complexity index is 834. The Kier molecular flexibility index (Phi) is 4.35. The molecule has 0 unspecified atom stereocenters.